The van der Waals surface area contributed by atoms with E-state index in [9.17, 15) is 9.90 Å². The van der Waals surface area contributed by atoms with Gasteiger partial charge in [-0.1, -0.05) is 36.4 Å². The van der Waals surface area contributed by atoms with Crippen molar-refractivity contribution >= 4 is 35.1 Å². The van der Waals surface area contributed by atoms with Gasteiger partial charge in [0.05, 0.1) is 12.2 Å². The van der Waals surface area contributed by atoms with Gasteiger partial charge in [-0.25, -0.2) is 4.79 Å². The van der Waals surface area contributed by atoms with E-state index in [0.29, 0.717) is 24.3 Å². The van der Waals surface area contributed by atoms with E-state index in [-0.39, 0.29) is 30.9 Å². The zero-order valence-electron chi connectivity index (χ0n) is 19.3. The lowest BCUT2D eigenvalue weighted by molar-refractivity contribution is 0.0191. The van der Waals surface area contributed by atoms with Crippen LogP contribution in [-0.4, -0.2) is 29.2 Å². The van der Waals surface area contributed by atoms with Crippen molar-refractivity contribution in [2.24, 2.45) is 5.73 Å². The Hall–Kier alpha value is -3.45. The van der Waals surface area contributed by atoms with Crippen LogP contribution in [0.2, 0.25) is 0 Å². The van der Waals surface area contributed by atoms with Crippen molar-refractivity contribution in [3.63, 3.8) is 0 Å². The smallest absolute Gasteiger partial charge is 0.338 e. The summed E-state index contributed by atoms with van der Waals surface area (Å²) < 4.78 is 12.0. The second-order valence-electron chi connectivity index (χ2n) is 8.73. The van der Waals surface area contributed by atoms with Gasteiger partial charge in [-0.3, -0.25) is 5.41 Å². The second kappa shape index (κ2) is 10.2. The summed E-state index contributed by atoms with van der Waals surface area (Å²) >= 11 is 0. The Labute approximate surface area is 205 Å². The highest BCUT2D eigenvalue weighted by Gasteiger charge is 2.34. The number of phenolic OH excluding ortho intramolecular Hbond substituents is 1. The first-order valence-corrected chi connectivity index (χ1v) is 11.0. The first kappa shape index (κ1) is 25.2. The quantitative estimate of drug-likeness (QED) is 0.231. The van der Waals surface area contributed by atoms with Crippen molar-refractivity contribution in [2.75, 3.05) is 6.61 Å². The molecule has 1 atom stereocenters. The summed E-state index contributed by atoms with van der Waals surface area (Å²) in [5.74, 6) is 0.649. The Kier molecular flexibility index (Phi) is 7.57. The molecule has 1 aliphatic heterocycles. The highest BCUT2D eigenvalue weighted by Crippen LogP contribution is 2.45. The van der Waals surface area contributed by atoms with E-state index in [1.807, 2.05) is 38.1 Å². The van der Waals surface area contributed by atoms with Gasteiger partial charge in [-0.05, 0) is 49.9 Å². The number of nitrogens with two attached hydrogens (primary N) is 1. The van der Waals surface area contributed by atoms with Gasteiger partial charge >= 0.3 is 5.97 Å². The number of hydrogen-bond donors (Lipinski definition) is 4. The number of halogens is 1. The molecule has 0 amide bonds. The van der Waals surface area contributed by atoms with Crippen molar-refractivity contribution in [3.05, 3.63) is 70.8 Å². The van der Waals surface area contributed by atoms with E-state index in [2.05, 4.69) is 5.32 Å². The summed E-state index contributed by atoms with van der Waals surface area (Å²) in [4.78, 5) is 12.5. The number of fused-ring (bicyclic) bond motifs is 3. The molecule has 7 nitrogen and oxygen atoms in total. The number of phenols is 1. The van der Waals surface area contributed by atoms with Gasteiger partial charge in [0.25, 0.3) is 0 Å². The Morgan fingerprint density at radius 1 is 1.21 bits per heavy atom. The van der Waals surface area contributed by atoms with Crippen molar-refractivity contribution < 1.29 is 19.4 Å². The number of ether oxygens (including phenoxy) is 2. The van der Waals surface area contributed by atoms with Gasteiger partial charge in [0.1, 0.15) is 17.1 Å². The van der Waals surface area contributed by atoms with Crippen molar-refractivity contribution in [1.82, 2.24) is 5.32 Å². The van der Waals surface area contributed by atoms with Crippen LogP contribution in [0.4, 0.5) is 0 Å². The third-order valence-corrected chi connectivity index (χ3v) is 6.30. The molecular formula is C26H30ClN3O4. The van der Waals surface area contributed by atoms with Crippen LogP contribution in [0.1, 0.15) is 46.8 Å². The first-order chi connectivity index (χ1) is 15.8. The topological polar surface area (TPSA) is 118 Å². The van der Waals surface area contributed by atoms with E-state index in [1.165, 1.54) is 0 Å². The Morgan fingerprint density at radius 3 is 2.56 bits per heavy atom. The number of rotatable bonds is 6. The summed E-state index contributed by atoms with van der Waals surface area (Å²) in [5, 5.41) is 22.2. The maximum absolute atomic E-state index is 12.5. The molecule has 4 rings (SSSR count). The van der Waals surface area contributed by atoms with Crippen LogP contribution < -0.4 is 15.8 Å². The number of carbonyl (C=O) groups excluding carboxylic acids is 1. The van der Waals surface area contributed by atoms with Gasteiger partial charge in [0.2, 0.25) is 0 Å². The van der Waals surface area contributed by atoms with Gasteiger partial charge in [-0.15, -0.1) is 12.4 Å². The van der Waals surface area contributed by atoms with Crippen molar-refractivity contribution in [2.45, 2.75) is 45.3 Å². The van der Waals surface area contributed by atoms with Gasteiger partial charge in [0, 0.05) is 29.3 Å². The van der Waals surface area contributed by atoms with Crippen LogP contribution in [0.25, 0.3) is 10.8 Å². The molecular weight excluding hydrogens is 454 g/mol. The van der Waals surface area contributed by atoms with Crippen LogP contribution in [0.15, 0.2) is 48.5 Å². The summed E-state index contributed by atoms with van der Waals surface area (Å²) in [6.07, 6.45) is 2.13. The fourth-order valence-electron chi connectivity index (χ4n) is 4.24. The molecule has 180 valence electrons. The minimum absolute atomic E-state index is 0. The highest BCUT2D eigenvalue weighted by atomic mass is 35.5. The lowest BCUT2D eigenvalue weighted by Crippen LogP contribution is -2.38. The van der Waals surface area contributed by atoms with Gasteiger partial charge in [-0.2, -0.15) is 0 Å². The number of hydrogen-bond acceptors (Lipinski definition) is 5. The Balaban J connectivity index is 0.00000324. The molecule has 0 fully saturated rings. The third-order valence-electron chi connectivity index (χ3n) is 6.30. The molecule has 1 unspecified atom stereocenters. The SMILES string of the molecule is Cc1c2c(c3ccccc3c1O)OC(C)(CCOC(=O)c1ccc(CNC(=N)N)cc1)CC2.Cl. The van der Waals surface area contributed by atoms with Crippen LogP contribution in [0.3, 0.4) is 0 Å². The summed E-state index contributed by atoms with van der Waals surface area (Å²) in [7, 11) is 0. The maximum Gasteiger partial charge on any atom is 0.338 e. The molecule has 0 spiro atoms. The fraction of sp³-hybridized carbons (Fsp3) is 0.308. The summed E-state index contributed by atoms with van der Waals surface area (Å²) in [6, 6.07) is 14.7. The Morgan fingerprint density at radius 2 is 1.88 bits per heavy atom. The molecule has 0 bridgehead atoms. The number of benzene rings is 3. The largest absolute Gasteiger partial charge is 0.507 e. The standard InChI is InChI=1S/C26H29N3O4.ClH/c1-16-19-11-12-26(2,33-23(19)21-6-4-3-5-20(21)22(16)30)13-14-32-24(31)18-9-7-17(8-10-18)15-29-25(27)28;/h3-10,30H,11-15H2,1-2H3,(H4,27,28,29);1H. The van der Waals surface area contributed by atoms with Crippen molar-refractivity contribution in [3.8, 4) is 11.5 Å². The van der Waals surface area contributed by atoms with Crippen LogP contribution >= 0.6 is 12.4 Å². The highest BCUT2D eigenvalue weighted by molar-refractivity contribution is 5.96. The zero-order valence-corrected chi connectivity index (χ0v) is 20.1. The summed E-state index contributed by atoms with van der Waals surface area (Å²) in [6.45, 7) is 4.63. The molecule has 3 aromatic carbocycles. The molecule has 0 aromatic heterocycles. The van der Waals surface area contributed by atoms with Crippen LogP contribution in [0.5, 0.6) is 11.5 Å². The van der Waals surface area contributed by atoms with Gasteiger partial charge < -0.3 is 25.6 Å². The van der Waals surface area contributed by atoms with E-state index >= 15 is 0 Å². The predicted molar refractivity (Wildman–Crippen MR) is 135 cm³/mol. The van der Waals surface area contributed by atoms with E-state index in [0.717, 1.165) is 46.1 Å². The number of aromatic hydroxyl groups is 1. The zero-order chi connectivity index (χ0) is 23.6. The second-order valence-corrected chi connectivity index (χ2v) is 8.73. The van der Waals surface area contributed by atoms with Crippen molar-refractivity contribution in [1.29, 1.82) is 5.41 Å². The molecule has 0 aliphatic carbocycles. The minimum atomic E-state index is -0.471. The fourth-order valence-corrected chi connectivity index (χ4v) is 4.24. The normalized spacial score (nSPS) is 16.6. The molecule has 5 N–H and O–H groups in total. The lowest BCUT2D eigenvalue weighted by Gasteiger charge is -2.37. The molecule has 1 aliphatic rings. The lowest BCUT2D eigenvalue weighted by atomic mass is 9.86. The number of nitrogens with one attached hydrogen (secondary N) is 2. The van der Waals surface area contributed by atoms with Crippen LogP contribution in [-0.2, 0) is 17.7 Å². The first-order valence-electron chi connectivity index (χ1n) is 11.0. The minimum Gasteiger partial charge on any atom is -0.507 e. The monoisotopic (exact) mass is 483 g/mol. The number of esters is 1. The molecule has 0 saturated carbocycles. The number of guanidine groups is 1. The van der Waals surface area contributed by atoms with E-state index < -0.39 is 5.60 Å². The van der Waals surface area contributed by atoms with E-state index in [1.54, 1.807) is 24.3 Å². The average molecular weight is 484 g/mol. The molecule has 0 saturated heterocycles. The maximum atomic E-state index is 12.5. The number of carbonyl (C=O) groups is 1. The molecule has 0 radical (unpaired) electrons. The third kappa shape index (κ3) is 5.20. The van der Waals surface area contributed by atoms with Crippen LogP contribution in [0, 0.1) is 12.3 Å². The van der Waals surface area contributed by atoms with E-state index in [4.69, 9.17) is 20.6 Å². The van der Waals surface area contributed by atoms with Gasteiger partial charge in [0.15, 0.2) is 5.96 Å². The summed E-state index contributed by atoms with van der Waals surface area (Å²) in [5.41, 5.74) is 8.11. The predicted octanol–water partition coefficient (Wildman–Crippen LogP) is 4.59. The molecule has 1 heterocycles. The molecule has 8 heteroatoms. The molecule has 34 heavy (non-hydrogen) atoms. The molecule has 3 aromatic rings. The Bertz CT molecular complexity index is 1210. The average Bonchev–Trinajstić information content (AvgIpc) is 2.81.